The molecule has 0 aliphatic carbocycles. The van der Waals surface area contributed by atoms with E-state index in [2.05, 4.69) is 58.3 Å². The van der Waals surface area contributed by atoms with Gasteiger partial charge < -0.3 is 0 Å². The molecule has 4 heteroatoms. The molecule has 4 nitrogen and oxygen atoms in total. The summed E-state index contributed by atoms with van der Waals surface area (Å²) in [7, 11) is 0. The van der Waals surface area contributed by atoms with Gasteiger partial charge in [0.05, 0.1) is 23.8 Å². The molecule has 2 heterocycles. The smallest absolute Gasteiger partial charge is 0.0584 e. The molecule has 24 heavy (non-hydrogen) atoms. The van der Waals surface area contributed by atoms with Gasteiger partial charge in [0.2, 0.25) is 0 Å². The van der Waals surface area contributed by atoms with Crippen LogP contribution in [0.5, 0.6) is 0 Å². The maximum atomic E-state index is 4.02. The first kappa shape index (κ1) is 19.4. The van der Waals surface area contributed by atoms with Crippen LogP contribution in [0.1, 0.15) is 33.6 Å². The summed E-state index contributed by atoms with van der Waals surface area (Å²) in [5.41, 5.74) is 7.14. The largest absolute Gasteiger partial charge is 0.258 e. The Kier molecular flexibility index (Phi) is 8.26. The minimum Gasteiger partial charge on any atom is -0.258 e. The van der Waals surface area contributed by atoms with Crippen molar-refractivity contribution in [3.63, 3.8) is 0 Å². The van der Waals surface area contributed by atoms with Crippen LogP contribution in [0.25, 0.3) is 0 Å². The highest BCUT2D eigenvalue weighted by Crippen LogP contribution is 2.02. The van der Waals surface area contributed by atoms with Gasteiger partial charge in [0.15, 0.2) is 0 Å². The molecule has 3 rings (SSSR count). The summed E-state index contributed by atoms with van der Waals surface area (Å²) in [6.07, 6.45) is 6.91. The molecule has 0 unspecified atom stereocenters. The van der Waals surface area contributed by atoms with Gasteiger partial charge in [0.1, 0.15) is 0 Å². The Bertz CT molecular complexity index is 587. The van der Waals surface area contributed by atoms with Crippen LogP contribution < -0.4 is 0 Å². The van der Waals surface area contributed by atoms with Gasteiger partial charge in [-0.25, -0.2) is 0 Å². The van der Waals surface area contributed by atoms with Crippen LogP contribution in [-0.4, -0.2) is 20.2 Å². The van der Waals surface area contributed by atoms with E-state index in [-0.39, 0.29) is 0 Å². The highest BCUT2D eigenvalue weighted by Gasteiger charge is 1.87. The molecule has 1 aromatic carbocycles. The van der Waals surface area contributed by atoms with Gasteiger partial charge in [-0.3, -0.25) is 9.97 Å². The van der Waals surface area contributed by atoms with Crippen LogP contribution in [0.15, 0.2) is 49.1 Å². The zero-order valence-electron chi connectivity index (χ0n) is 15.4. The lowest BCUT2D eigenvalue weighted by atomic mass is 10.1. The van der Waals surface area contributed by atoms with E-state index in [4.69, 9.17) is 0 Å². The third-order valence-corrected chi connectivity index (χ3v) is 3.74. The van der Waals surface area contributed by atoms with E-state index in [1.165, 1.54) is 22.3 Å². The van der Waals surface area contributed by atoms with Crippen LogP contribution in [0.4, 0.5) is 0 Å². The van der Waals surface area contributed by atoms with Gasteiger partial charge in [-0.05, 0) is 63.8 Å². The van der Waals surface area contributed by atoms with Crippen LogP contribution >= 0.6 is 0 Å². The number of nitrogens with zero attached hydrogens (tertiary/aromatic N) is 4. The standard InChI is InChI=1S/C8H10.2C6H8N2/c1-7-5-3-4-6-8(7)2;1-5-3-7-8-4-6(5)2;1-5-6(2)8-4-3-7-5/h3-6H,1-2H3;2*3-4H,1-2H3. The molecule has 0 saturated carbocycles. The molecule has 0 N–H and O–H groups in total. The van der Waals surface area contributed by atoms with Crippen molar-refractivity contribution in [1.82, 2.24) is 20.2 Å². The minimum absolute atomic E-state index is 1.01. The van der Waals surface area contributed by atoms with Crippen molar-refractivity contribution >= 4 is 0 Å². The minimum atomic E-state index is 1.01. The Hall–Kier alpha value is -2.62. The second kappa shape index (κ2) is 10.2. The van der Waals surface area contributed by atoms with E-state index in [9.17, 15) is 0 Å². The van der Waals surface area contributed by atoms with Gasteiger partial charge in [-0.15, -0.1) is 0 Å². The molecule has 0 saturated heterocycles. The van der Waals surface area contributed by atoms with E-state index in [0.29, 0.717) is 0 Å². The van der Waals surface area contributed by atoms with E-state index in [1.807, 2.05) is 27.7 Å². The summed E-state index contributed by atoms with van der Waals surface area (Å²) in [6.45, 7) is 12.2. The molecule has 2 aromatic heterocycles. The monoisotopic (exact) mass is 322 g/mol. The molecular formula is C20H26N4. The lowest BCUT2D eigenvalue weighted by Gasteiger charge is -1.93. The van der Waals surface area contributed by atoms with Gasteiger partial charge >= 0.3 is 0 Å². The lowest BCUT2D eigenvalue weighted by Crippen LogP contribution is -1.87. The Labute approximate surface area is 145 Å². The summed E-state index contributed by atoms with van der Waals surface area (Å²) in [6, 6.07) is 8.36. The summed E-state index contributed by atoms with van der Waals surface area (Å²) < 4.78 is 0. The zero-order valence-corrected chi connectivity index (χ0v) is 15.4. The molecular weight excluding hydrogens is 296 g/mol. The van der Waals surface area contributed by atoms with Crippen LogP contribution in [-0.2, 0) is 0 Å². The number of rotatable bonds is 0. The Morgan fingerprint density at radius 2 is 0.917 bits per heavy atom. The van der Waals surface area contributed by atoms with Gasteiger partial charge in [0.25, 0.3) is 0 Å². The van der Waals surface area contributed by atoms with Crippen molar-refractivity contribution in [2.75, 3.05) is 0 Å². The van der Waals surface area contributed by atoms with Crippen molar-refractivity contribution < 1.29 is 0 Å². The lowest BCUT2D eigenvalue weighted by molar-refractivity contribution is 0.995. The van der Waals surface area contributed by atoms with Crippen molar-refractivity contribution in [3.05, 3.63) is 82.7 Å². The Morgan fingerprint density at radius 3 is 1.17 bits per heavy atom. The zero-order chi connectivity index (χ0) is 17.9. The third kappa shape index (κ3) is 7.09. The average molecular weight is 322 g/mol. The topological polar surface area (TPSA) is 51.6 Å². The van der Waals surface area contributed by atoms with Crippen LogP contribution in [0.2, 0.25) is 0 Å². The van der Waals surface area contributed by atoms with Crippen LogP contribution in [0, 0.1) is 41.5 Å². The Morgan fingerprint density at radius 1 is 0.542 bits per heavy atom. The summed E-state index contributed by atoms with van der Waals surface area (Å²) in [5, 5.41) is 7.39. The third-order valence-electron chi connectivity index (χ3n) is 3.74. The number of hydrogen-bond acceptors (Lipinski definition) is 4. The van der Waals surface area contributed by atoms with Gasteiger partial charge in [-0.2, -0.15) is 10.2 Å². The number of aromatic nitrogens is 4. The molecule has 3 aromatic rings. The maximum Gasteiger partial charge on any atom is 0.0584 e. The van der Waals surface area contributed by atoms with Gasteiger partial charge in [0, 0.05) is 12.4 Å². The number of aryl methyl sites for hydroxylation is 6. The fourth-order valence-corrected chi connectivity index (χ4v) is 1.58. The molecule has 0 bridgehead atoms. The second-order valence-electron chi connectivity index (χ2n) is 5.67. The fraction of sp³-hybridized carbons (Fsp3) is 0.300. The average Bonchev–Trinajstić information content (AvgIpc) is 2.57. The molecule has 0 aliphatic rings. The molecule has 126 valence electrons. The van der Waals surface area contributed by atoms with Crippen LogP contribution in [0.3, 0.4) is 0 Å². The molecule has 0 amide bonds. The van der Waals surface area contributed by atoms with E-state index in [0.717, 1.165) is 11.4 Å². The van der Waals surface area contributed by atoms with Crippen molar-refractivity contribution in [2.24, 2.45) is 0 Å². The van der Waals surface area contributed by atoms with Crippen molar-refractivity contribution in [1.29, 1.82) is 0 Å². The first-order chi connectivity index (χ1) is 11.4. The van der Waals surface area contributed by atoms with Crippen molar-refractivity contribution in [2.45, 2.75) is 41.5 Å². The maximum absolute atomic E-state index is 4.02. The Balaban J connectivity index is 0.000000180. The summed E-state index contributed by atoms with van der Waals surface area (Å²) in [5.74, 6) is 0. The quantitative estimate of drug-likeness (QED) is 0.612. The van der Waals surface area contributed by atoms with E-state index >= 15 is 0 Å². The normalized spacial score (nSPS) is 9.25. The summed E-state index contributed by atoms with van der Waals surface area (Å²) >= 11 is 0. The number of benzene rings is 1. The molecule has 0 fully saturated rings. The highest BCUT2D eigenvalue weighted by atomic mass is 15.1. The highest BCUT2D eigenvalue weighted by molar-refractivity contribution is 5.23. The summed E-state index contributed by atoms with van der Waals surface area (Å²) in [4.78, 5) is 8.03. The molecule has 0 atom stereocenters. The van der Waals surface area contributed by atoms with Crippen molar-refractivity contribution in [3.8, 4) is 0 Å². The van der Waals surface area contributed by atoms with Gasteiger partial charge in [-0.1, -0.05) is 24.3 Å². The second-order valence-corrected chi connectivity index (χ2v) is 5.67. The predicted octanol–water partition coefficient (Wildman–Crippen LogP) is 4.49. The SMILES string of the molecule is Cc1ccccc1C.Cc1cnncc1C.Cc1nccnc1C. The molecule has 0 radical (unpaired) electrons. The van der Waals surface area contributed by atoms with E-state index < -0.39 is 0 Å². The van der Waals surface area contributed by atoms with E-state index in [1.54, 1.807) is 24.8 Å². The number of hydrogen-bond donors (Lipinski definition) is 0. The molecule has 0 spiro atoms. The predicted molar refractivity (Wildman–Crippen MR) is 98.9 cm³/mol. The first-order valence-corrected chi connectivity index (χ1v) is 7.92. The first-order valence-electron chi connectivity index (χ1n) is 7.92. The molecule has 0 aliphatic heterocycles. The fourth-order valence-electron chi connectivity index (χ4n) is 1.58.